The lowest BCUT2D eigenvalue weighted by Gasteiger charge is -2.36. The van der Waals surface area contributed by atoms with Gasteiger partial charge in [0.15, 0.2) is 6.10 Å². The van der Waals surface area contributed by atoms with Crippen LogP contribution in [0.15, 0.2) is 53.4 Å². The summed E-state index contributed by atoms with van der Waals surface area (Å²) in [7, 11) is -3.88. The van der Waals surface area contributed by atoms with Crippen LogP contribution in [0.4, 0.5) is 5.69 Å². The molecule has 1 aliphatic heterocycles. The Bertz CT molecular complexity index is 1080. The van der Waals surface area contributed by atoms with Gasteiger partial charge in [-0.05, 0) is 47.6 Å². The second-order valence-electron chi connectivity index (χ2n) is 10.0. The van der Waals surface area contributed by atoms with Crippen LogP contribution in [0.1, 0.15) is 65.9 Å². The minimum atomic E-state index is -3.88. The van der Waals surface area contributed by atoms with Crippen LogP contribution in [0.25, 0.3) is 0 Å². The zero-order valence-corrected chi connectivity index (χ0v) is 21.8. The highest BCUT2D eigenvalue weighted by molar-refractivity contribution is 7.92. The maximum absolute atomic E-state index is 13.6. The van der Waals surface area contributed by atoms with Gasteiger partial charge in [0.1, 0.15) is 5.75 Å². The monoisotopic (exact) mass is 486 g/mol. The summed E-state index contributed by atoms with van der Waals surface area (Å²) < 4.78 is 34.7. The van der Waals surface area contributed by atoms with Gasteiger partial charge < -0.3 is 10.1 Å². The first-order valence-corrected chi connectivity index (χ1v) is 13.7. The molecule has 2 aromatic carbocycles. The normalized spacial score (nSPS) is 17.0. The van der Waals surface area contributed by atoms with Crippen molar-refractivity contribution in [3.05, 3.63) is 54.1 Å². The van der Waals surface area contributed by atoms with E-state index in [1.807, 2.05) is 12.1 Å². The van der Waals surface area contributed by atoms with E-state index in [1.54, 1.807) is 36.4 Å². The summed E-state index contributed by atoms with van der Waals surface area (Å²) in [6.07, 6.45) is 3.37. The summed E-state index contributed by atoms with van der Waals surface area (Å²) in [5.41, 5.74) is 1.29. The molecule has 0 saturated carbocycles. The maximum atomic E-state index is 13.6. The fourth-order valence-corrected chi connectivity index (χ4v) is 5.59. The number of unbranched alkanes of at least 4 members (excludes halogenated alkanes) is 1. The zero-order valence-electron chi connectivity index (χ0n) is 21.0. The van der Waals surface area contributed by atoms with Crippen molar-refractivity contribution in [2.75, 3.05) is 17.4 Å². The van der Waals surface area contributed by atoms with Gasteiger partial charge >= 0.3 is 0 Å². The molecule has 2 aromatic rings. The number of hydrogen-bond acceptors (Lipinski definition) is 4. The van der Waals surface area contributed by atoms with Crippen LogP contribution in [0.5, 0.6) is 5.75 Å². The number of ether oxygens (including phenoxy) is 1. The summed E-state index contributed by atoms with van der Waals surface area (Å²) in [5.74, 6) is 0.518. The standard InChI is InChI=1S/C27H38N2O4S/c1-6-8-12-20(7-2)18-28-26(30)25-19-29(34(31,32)22-13-10-9-11-14-22)23-17-21(27(3,4)5)15-16-24(23)33-25/h9-11,13-17,20,25H,6-8,12,18-19H2,1-5H3,(H,28,30)/t20-,25-/m0/s1. The fourth-order valence-electron chi connectivity index (χ4n) is 4.10. The van der Waals surface area contributed by atoms with Crippen LogP contribution in [-0.2, 0) is 20.2 Å². The van der Waals surface area contributed by atoms with Crippen LogP contribution in [-0.4, -0.2) is 33.5 Å². The first-order chi connectivity index (χ1) is 16.1. The Morgan fingerprint density at radius 1 is 1.15 bits per heavy atom. The minimum Gasteiger partial charge on any atom is -0.476 e. The van der Waals surface area contributed by atoms with Crippen LogP contribution >= 0.6 is 0 Å². The Labute approximate surface area is 204 Å². The molecule has 0 aliphatic carbocycles. The molecule has 34 heavy (non-hydrogen) atoms. The fraction of sp³-hybridized carbons (Fsp3) is 0.519. The summed E-state index contributed by atoms with van der Waals surface area (Å²) in [4.78, 5) is 13.3. The number of amides is 1. The lowest BCUT2D eigenvalue weighted by Crippen LogP contribution is -2.51. The van der Waals surface area contributed by atoms with E-state index in [-0.39, 0.29) is 22.8 Å². The van der Waals surface area contributed by atoms with Crippen LogP contribution in [0.2, 0.25) is 0 Å². The average molecular weight is 487 g/mol. The van der Waals surface area contributed by atoms with Gasteiger partial charge in [-0.25, -0.2) is 8.42 Å². The van der Waals surface area contributed by atoms with Crippen molar-refractivity contribution in [1.29, 1.82) is 0 Å². The van der Waals surface area contributed by atoms with E-state index in [0.29, 0.717) is 23.9 Å². The van der Waals surface area contributed by atoms with Gasteiger partial charge in [-0.3, -0.25) is 9.10 Å². The maximum Gasteiger partial charge on any atom is 0.264 e. The summed E-state index contributed by atoms with van der Waals surface area (Å²) in [6.45, 7) is 11.0. The van der Waals surface area contributed by atoms with E-state index in [4.69, 9.17) is 4.74 Å². The first kappa shape index (κ1) is 26.1. The number of anilines is 1. The number of fused-ring (bicyclic) bond motifs is 1. The molecule has 0 saturated heterocycles. The average Bonchev–Trinajstić information content (AvgIpc) is 2.82. The highest BCUT2D eigenvalue weighted by Crippen LogP contribution is 2.40. The Kier molecular flexibility index (Phi) is 8.29. The quantitative estimate of drug-likeness (QED) is 0.524. The van der Waals surface area contributed by atoms with Crippen molar-refractivity contribution in [2.24, 2.45) is 5.92 Å². The van der Waals surface area contributed by atoms with Crippen molar-refractivity contribution >= 4 is 21.6 Å². The van der Waals surface area contributed by atoms with Gasteiger partial charge in [-0.15, -0.1) is 0 Å². The van der Waals surface area contributed by atoms with Gasteiger partial charge in [-0.2, -0.15) is 0 Å². The largest absolute Gasteiger partial charge is 0.476 e. The molecule has 6 nitrogen and oxygen atoms in total. The molecule has 2 atom stereocenters. The number of carbonyl (C=O) groups excluding carboxylic acids is 1. The molecule has 0 aromatic heterocycles. The molecule has 1 amide bonds. The third-order valence-electron chi connectivity index (χ3n) is 6.43. The van der Waals surface area contributed by atoms with Gasteiger partial charge in [0.25, 0.3) is 15.9 Å². The SMILES string of the molecule is CCCC[C@H](CC)CNC(=O)[C@@H]1CN(S(=O)(=O)c2ccccc2)c2cc(C(C)(C)C)ccc2O1. The van der Waals surface area contributed by atoms with Crippen molar-refractivity contribution in [3.8, 4) is 5.75 Å². The Morgan fingerprint density at radius 3 is 2.47 bits per heavy atom. The highest BCUT2D eigenvalue weighted by atomic mass is 32.2. The number of hydrogen-bond donors (Lipinski definition) is 1. The molecule has 0 bridgehead atoms. The molecule has 0 radical (unpaired) electrons. The Hall–Kier alpha value is -2.54. The lowest BCUT2D eigenvalue weighted by atomic mass is 9.86. The van der Waals surface area contributed by atoms with E-state index in [0.717, 1.165) is 31.2 Å². The molecule has 1 heterocycles. The van der Waals surface area contributed by atoms with Crippen LogP contribution < -0.4 is 14.4 Å². The Morgan fingerprint density at radius 2 is 1.85 bits per heavy atom. The molecular weight excluding hydrogens is 448 g/mol. The molecule has 1 aliphatic rings. The summed E-state index contributed by atoms with van der Waals surface area (Å²) in [5, 5.41) is 3.01. The number of benzene rings is 2. The van der Waals surface area contributed by atoms with Gasteiger partial charge in [0.2, 0.25) is 0 Å². The number of rotatable bonds is 9. The van der Waals surface area contributed by atoms with Crippen molar-refractivity contribution < 1.29 is 17.9 Å². The molecule has 0 spiro atoms. The smallest absolute Gasteiger partial charge is 0.264 e. The summed E-state index contributed by atoms with van der Waals surface area (Å²) >= 11 is 0. The number of nitrogens with one attached hydrogen (secondary N) is 1. The van der Waals surface area contributed by atoms with E-state index in [1.165, 1.54) is 4.31 Å². The highest BCUT2D eigenvalue weighted by Gasteiger charge is 2.38. The number of sulfonamides is 1. The minimum absolute atomic E-state index is 0.0740. The summed E-state index contributed by atoms with van der Waals surface area (Å²) in [6, 6.07) is 13.9. The van der Waals surface area contributed by atoms with Crippen molar-refractivity contribution in [1.82, 2.24) is 5.32 Å². The van der Waals surface area contributed by atoms with Gasteiger partial charge in [0, 0.05) is 6.54 Å². The first-order valence-electron chi connectivity index (χ1n) is 12.2. The molecule has 0 unspecified atom stereocenters. The second-order valence-corrected chi connectivity index (χ2v) is 11.9. The molecule has 1 N–H and O–H groups in total. The lowest BCUT2D eigenvalue weighted by molar-refractivity contribution is -0.127. The topological polar surface area (TPSA) is 75.7 Å². The van der Waals surface area contributed by atoms with Crippen molar-refractivity contribution in [2.45, 2.75) is 76.7 Å². The predicted octanol–water partition coefficient (Wildman–Crippen LogP) is 5.27. The molecule has 3 rings (SSSR count). The Balaban J connectivity index is 1.92. The zero-order chi connectivity index (χ0) is 24.9. The van der Waals surface area contributed by atoms with E-state index in [9.17, 15) is 13.2 Å². The van der Waals surface area contributed by atoms with E-state index >= 15 is 0 Å². The predicted molar refractivity (Wildman–Crippen MR) is 137 cm³/mol. The number of carbonyl (C=O) groups is 1. The van der Waals surface area contributed by atoms with E-state index < -0.39 is 16.1 Å². The number of nitrogens with zero attached hydrogens (tertiary/aromatic N) is 1. The van der Waals surface area contributed by atoms with Crippen LogP contribution in [0, 0.1) is 5.92 Å². The third-order valence-corrected chi connectivity index (χ3v) is 8.22. The second kappa shape index (κ2) is 10.8. The molecule has 0 fully saturated rings. The molecule has 186 valence electrons. The van der Waals surface area contributed by atoms with Gasteiger partial charge in [-0.1, -0.05) is 78.1 Å². The third kappa shape index (κ3) is 5.93. The van der Waals surface area contributed by atoms with Crippen LogP contribution in [0.3, 0.4) is 0 Å². The van der Waals surface area contributed by atoms with Crippen molar-refractivity contribution in [3.63, 3.8) is 0 Å². The van der Waals surface area contributed by atoms with E-state index in [2.05, 4.69) is 39.9 Å². The molecular formula is C27H38N2O4S. The van der Waals surface area contributed by atoms with Gasteiger partial charge in [0.05, 0.1) is 17.1 Å². The molecule has 7 heteroatoms.